The van der Waals surface area contributed by atoms with E-state index >= 15 is 0 Å². The summed E-state index contributed by atoms with van der Waals surface area (Å²) in [5.74, 6) is 1.74. The molecular weight excluding hydrogens is 240 g/mol. The van der Waals surface area contributed by atoms with Crippen LogP contribution in [-0.4, -0.2) is 10.4 Å². The monoisotopic (exact) mass is 264 g/mol. The van der Waals surface area contributed by atoms with Crippen molar-refractivity contribution in [3.05, 3.63) is 29.8 Å². The van der Waals surface area contributed by atoms with Crippen molar-refractivity contribution in [3.63, 3.8) is 0 Å². The molecule has 0 saturated heterocycles. The number of aliphatic hydroxyl groups is 1. The molecule has 4 unspecified atom stereocenters. The van der Waals surface area contributed by atoms with Gasteiger partial charge in [0.15, 0.2) is 0 Å². The van der Waals surface area contributed by atoms with E-state index in [0.29, 0.717) is 0 Å². The molecule has 1 aliphatic carbocycles. The molecule has 0 aromatic heterocycles. The number of benzene rings is 1. The standard InChI is InChI=1S/C16H24OS/c1-11-4-7-16(10-12(11)2)18-15-8-5-14(6-9-15)13(3)17/h5-6,8-9,11-13,16-17H,4,7,10H2,1-3H3. The third-order valence-corrected chi connectivity index (χ3v) is 5.52. The van der Waals surface area contributed by atoms with Gasteiger partial charge in [-0.2, -0.15) is 0 Å². The van der Waals surface area contributed by atoms with Crippen LogP contribution in [0.5, 0.6) is 0 Å². The summed E-state index contributed by atoms with van der Waals surface area (Å²) in [4.78, 5) is 1.34. The van der Waals surface area contributed by atoms with Gasteiger partial charge in [0.2, 0.25) is 0 Å². The first-order chi connectivity index (χ1) is 8.56. The first-order valence-electron chi connectivity index (χ1n) is 7.01. The van der Waals surface area contributed by atoms with E-state index in [1.54, 1.807) is 0 Å². The molecule has 1 aromatic carbocycles. The maximum Gasteiger partial charge on any atom is 0.0761 e. The van der Waals surface area contributed by atoms with Crippen molar-refractivity contribution in [2.24, 2.45) is 11.8 Å². The minimum Gasteiger partial charge on any atom is -0.389 e. The molecule has 0 spiro atoms. The Labute approximate surface area is 115 Å². The maximum absolute atomic E-state index is 9.49. The Morgan fingerprint density at radius 3 is 2.33 bits per heavy atom. The van der Waals surface area contributed by atoms with E-state index in [2.05, 4.69) is 26.0 Å². The quantitative estimate of drug-likeness (QED) is 0.857. The highest BCUT2D eigenvalue weighted by Gasteiger charge is 2.24. The second-order valence-corrected chi connectivity index (χ2v) is 7.13. The van der Waals surface area contributed by atoms with Gasteiger partial charge in [-0.15, -0.1) is 11.8 Å². The van der Waals surface area contributed by atoms with Crippen LogP contribution in [0.3, 0.4) is 0 Å². The summed E-state index contributed by atoms with van der Waals surface area (Å²) in [7, 11) is 0. The summed E-state index contributed by atoms with van der Waals surface area (Å²) in [6.07, 6.45) is 3.68. The van der Waals surface area contributed by atoms with Gasteiger partial charge in [-0.25, -0.2) is 0 Å². The molecule has 0 aliphatic heterocycles. The van der Waals surface area contributed by atoms with Crippen LogP contribution in [0, 0.1) is 11.8 Å². The van der Waals surface area contributed by atoms with Crippen LogP contribution in [0.25, 0.3) is 0 Å². The summed E-state index contributed by atoms with van der Waals surface area (Å²) in [6.45, 7) is 6.57. The van der Waals surface area contributed by atoms with Gasteiger partial charge in [-0.05, 0) is 55.7 Å². The molecule has 1 fully saturated rings. The highest BCUT2D eigenvalue weighted by molar-refractivity contribution is 8.00. The van der Waals surface area contributed by atoms with Crippen LogP contribution in [0.2, 0.25) is 0 Å². The van der Waals surface area contributed by atoms with E-state index in [1.807, 2.05) is 30.8 Å². The Balaban J connectivity index is 1.93. The predicted octanol–water partition coefficient (Wildman–Crippen LogP) is 4.66. The van der Waals surface area contributed by atoms with Crippen LogP contribution in [-0.2, 0) is 0 Å². The second kappa shape index (κ2) is 6.12. The average molecular weight is 264 g/mol. The molecule has 4 atom stereocenters. The molecule has 0 bridgehead atoms. The molecule has 1 N–H and O–H groups in total. The molecule has 100 valence electrons. The summed E-state index contributed by atoms with van der Waals surface area (Å²) < 4.78 is 0. The third kappa shape index (κ3) is 3.52. The van der Waals surface area contributed by atoms with Crippen molar-refractivity contribution in [3.8, 4) is 0 Å². The van der Waals surface area contributed by atoms with Crippen LogP contribution in [0.15, 0.2) is 29.2 Å². The first-order valence-corrected chi connectivity index (χ1v) is 7.89. The molecule has 1 nitrogen and oxygen atoms in total. The van der Waals surface area contributed by atoms with Crippen LogP contribution >= 0.6 is 11.8 Å². The van der Waals surface area contributed by atoms with Crippen molar-refractivity contribution in [1.29, 1.82) is 0 Å². The van der Waals surface area contributed by atoms with Crippen LogP contribution in [0.1, 0.15) is 51.7 Å². The Kier molecular flexibility index (Phi) is 4.74. The Bertz CT molecular complexity index is 371. The lowest BCUT2D eigenvalue weighted by atomic mass is 9.81. The number of rotatable bonds is 3. The topological polar surface area (TPSA) is 20.2 Å². The van der Waals surface area contributed by atoms with Crippen molar-refractivity contribution < 1.29 is 5.11 Å². The summed E-state index contributed by atoms with van der Waals surface area (Å²) in [5, 5.41) is 10.3. The zero-order chi connectivity index (χ0) is 13.1. The minimum absolute atomic E-state index is 0.361. The molecular formula is C16H24OS. The van der Waals surface area contributed by atoms with Crippen molar-refractivity contribution in [2.75, 3.05) is 0 Å². The average Bonchev–Trinajstić information content (AvgIpc) is 2.34. The van der Waals surface area contributed by atoms with Gasteiger partial charge in [0.05, 0.1) is 6.10 Å². The first kappa shape index (κ1) is 14.0. The van der Waals surface area contributed by atoms with Gasteiger partial charge in [0.25, 0.3) is 0 Å². The van der Waals surface area contributed by atoms with Gasteiger partial charge in [0, 0.05) is 10.1 Å². The molecule has 1 aromatic rings. The Morgan fingerprint density at radius 2 is 1.78 bits per heavy atom. The van der Waals surface area contributed by atoms with E-state index in [-0.39, 0.29) is 6.10 Å². The SMILES string of the molecule is CC(O)c1ccc(SC2CCC(C)C(C)C2)cc1. The Morgan fingerprint density at radius 1 is 1.11 bits per heavy atom. The predicted molar refractivity (Wildman–Crippen MR) is 78.9 cm³/mol. The molecule has 0 radical (unpaired) electrons. The van der Waals surface area contributed by atoms with Crippen molar-refractivity contribution >= 4 is 11.8 Å². The number of hydrogen-bond acceptors (Lipinski definition) is 2. The smallest absolute Gasteiger partial charge is 0.0761 e. The maximum atomic E-state index is 9.49. The van der Waals surface area contributed by atoms with Crippen molar-refractivity contribution in [1.82, 2.24) is 0 Å². The van der Waals surface area contributed by atoms with Crippen LogP contribution in [0.4, 0.5) is 0 Å². The van der Waals surface area contributed by atoms with E-state index in [9.17, 15) is 5.11 Å². The normalized spacial score (nSPS) is 30.1. The largest absolute Gasteiger partial charge is 0.389 e. The molecule has 1 aliphatic rings. The van der Waals surface area contributed by atoms with E-state index in [0.717, 1.165) is 22.6 Å². The Hall–Kier alpha value is -0.470. The molecule has 2 heteroatoms. The fraction of sp³-hybridized carbons (Fsp3) is 0.625. The number of hydrogen-bond donors (Lipinski definition) is 1. The highest BCUT2D eigenvalue weighted by atomic mass is 32.2. The molecule has 2 rings (SSSR count). The molecule has 1 saturated carbocycles. The minimum atomic E-state index is -0.361. The summed E-state index contributed by atoms with van der Waals surface area (Å²) >= 11 is 2.01. The van der Waals surface area contributed by atoms with E-state index < -0.39 is 0 Å². The summed E-state index contributed by atoms with van der Waals surface area (Å²) in [5.41, 5.74) is 1.00. The second-order valence-electron chi connectivity index (χ2n) is 5.75. The number of aliphatic hydroxyl groups excluding tert-OH is 1. The van der Waals surface area contributed by atoms with Gasteiger partial charge in [-0.3, -0.25) is 0 Å². The van der Waals surface area contributed by atoms with Crippen LogP contribution < -0.4 is 0 Å². The highest BCUT2D eigenvalue weighted by Crippen LogP contribution is 2.38. The van der Waals surface area contributed by atoms with Gasteiger partial charge in [-0.1, -0.05) is 26.0 Å². The van der Waals surface area contributed by atoms with E-state index in [1.165, 1.54) is 24.2 Å². The van der Waals surface area contributed by atoms with Crippen molar-refractivity contribution in [2.45, 2.75) is 56.3 Å². The molecule has 18 heavy (non-hydrogen) atoms. The zero-order valence-electron chi connectivity index (χ0n) is 11.6. The number of thioether (sulfide) groups is 1. The van der Waals surface area contributed by atoms with Gasteiger partial charge >= 0.3 is 0 Å². The molecule has 0 amide bonds. The zero-order valence-corrected chi connectivity index (χ0v) is 12.4. The lowest BCUT2D eigenvalue weighted by Crippen LogP contribution is -2.22. The fourth-order valence-corrected chi connectivity index (χ4v) is 3.95. The van der Waals surface area contributed by atoms with Gasteiger partial charge < -0.3 is 5.11 Å². The van der Waals surface area contributed by atoms with Gasteiger partial charge in [0.1, 0.15) is 0 Å². The lowest BCUT2D eigenvalue weighted by Gasteiger charge is -2.31. The lowest BCUT2D eigenvalue weighted by molar-refractivity contribution is 0.199. The third-order valence-electron chi connectivity index (χ3n) is 4.22. The molecule has 0 heterocycles. The fourth-order valence-electron chi connectivity index (χ4n) is 2.62. The van der Waals surface area contributed by atoms with E-state index in [4.69, 9.17) is 0 Å². The summed E-state index contributed by atoms with van der Waals surface area (Å²) in [6, 6.07) is 8.38.